The zero-order valence-electron chi connectivity index (χ0n) is 9.51. The molecule has 0 radical (unpaired) electrons. The average molecular weight is 230 g/mol. The monoisotopic (exact) mass is 230 g/mol. The van der Waals surface area contributed by atoms with Crippen molar-refractivity contribution in [2.24, 2.45) is 5.84 Å². The van der Waals surface area contributed by atoms with Crippen LogP contribution in [0.25, 0.3) is 0 Å². The van der Waals surface area contributed by atoms with Gasteiger partial charge in [0, 0.05) is 0 Å². The first-order chi connectivity index (χ1) is 8.33. The molecule has 0 spiro atoms. The Labute approximate surface area is 99.9 Å². The summed E-state index contributed by atoms with van der Waals surface area (Å²) in [5, 5.41) is 0. The molecule has 4 nitrogen and oxygen atoms in total. The van der Waals surface area contributed by atoms with Gasteiger partial charge in [0.25, 0.3) is 0 Å². The first-order valence-electron chi connectivity index (χ1n) is 5.21. The zero-order valence-corrected chi connectivity index (χ0v) is 9.51. The molecular formula is C13H14N2O2. The largest absolute Gasteiger partial charge is 0.497 e. The maximum absolute atomic E-state index is 5.70. The van der Waals surface area contributed by atoms with Gasteiger partial charge in [-0.2, -0.15) is 0 Å². The molecule has 0 saturated heterocycles. The van der Waals surface area contributed by atoms with Gasteiger partial charge in [-0.1, -0.05) is 12.1 Å². The number of para-hydroxylation sites is 2. The third-order valence-corrected chi connectivity index (χ3v) is 2.33. The number of hydrazine groups is 1. The summed E-state index contributed by atoms with van der Waals surface area (Å²) in [4.78, 5) is 0. The molecule has 17 heavy (non-hydrogen) atoms. The Bertz CT molecular complexity index is 483. The van der Waals surface area contributed by atoms with Gasteiger partial charge >= 0.3 is 0 Å². The second-order valence-corrected chi connectivity index (χ2v) is 3.42. The lowest BCUT2D eigenvalue weighted by Gasteiger charge is -2.10. The lowest BCUT2D eigenvalue weighted by molar-refractivity contribution is 0.413. The van der Waals surface area contributed by atoms with Gasteiger partial charge in [0.05, 0.1) is 12.8 Å². The van der Waals surface area contributed by atoms with E-state index < -0.39 is 0 Å². The predicted octanol–water partition coefficient (Wildman–Crippen LogP) is 2.77. The number of methoxy groups -OCH3 is 1. The Morgan fingerprint density at radius 3 is 2.24 bits per heavy atom. The van der Waals surface area contributed by atoms with Crippen LogP contribution in [-0.4, -0.2) is 7.11 Å². The van der Waals surface area contributed by atoms with E-state index in [1.165, 1.54) is 0 Å². The van der Waals surface area contributed by atoms with E-state index in [2.05, 4.69) is 5.43 Å². The van der Waals surface area contributed by atoms with Crippen LogP contribution in [0.2, 0.25) is 0 Å². The highest BCUT2D eigenvalue weighted by Crippen LogP contribution is 2.29. The Hall–Kier alpha value is -2.20. The van der Waals surface area contributed by atoms with Crippen LogP contribution in [0, 0.1) is 0 Å². The van der Waals surface area contributed by atoms with Crippen molar-refractivity contribution in [3.63, 3.8) is 0 Å². The van der Waals surface area contributed by atoms with Crippen LogP contribution in [0.4, 0.5) is 5.69 Å². The quantitative estimate of drug-likeness (QED) is 0.626. The van der Waals surface area contributed by atoms with Crippen LogP contribution in [-0.2, 0) is 0 Å². The summed E-state index contributed by atoms with van der Waals surface area (Å²) < 4.78 is 10.8. The van der Waals surface area contributed by atoms with Gasteiger partial charge < -0.3 is 14.9 Å². The number of ether oxygens (including phenoxy) is 2. The number of anilines is 1. The number of rotatable bonds is 4. The van der Waals surface area contributed by atoms with Crippen molar-refractivity contribution in [1.29, 1.82) is 0 Å². The molecule has 3 N–H and O–H groups in total. The SMILES string of the molecule is COc1ccc(Oc2ccccc2NN)cc1. The molecule has 0 bridgehead atoms. The van der Waals surface area contributed by atoms with Gasteiger partial charge in [-0.25, -0.2) is 0 Å². The van der Waals surface area contributed by atoms with Gasteiger partial charge in [0.1, 0.15) is 11.5 Å². The number of hydrogen-bond acceptors (Lipinski definition) is 4. The highest BCUT2D eigenvalue weighted by Gasteiger charge is 2.02. The van der Waals surface area contributed by atoms with Crippen LogP contribution >= 0.6 is 0 Å². The second kappa shape index (κ2) is 5.23. The predicted molar refractivity (Wildman–Crippen MR) is 67.3 cm³/mol. The molecule has 0 aliphatic rings. The zero-order chi connectivity index (χ0) is 12.1. The van der Waals surface area contributed by atoms with Crippen molar-refractivity contribution < 1.29 is 9.47 Å². The van der Waals surface area contributed by atoms with Gasteiger partial charge in [0.15, 0.2) is 5.75 Å². The van der Waals surface area contributed by atoms with Crippen molar-refractivity contribution in [3.8, 4) is 17.2 Å². The molecule has 2 aromatic carbocycles. The minimum Gasteiger partial charge on any atom is -0.497 e. The summed E-state index contributed by atoms with van der Waals surface area (Å²) in [5.74, 6) is 7.60. The molecule has 0 aliphatic heterocycles. The van der Waals surface area contributed by atoms with Crippen molar-refractivity contribution in [1.82, 2.24) is 0 Å². The summed E-state index contributed by atoms with van der Waals surface area (Å²) in [7, 11) is 1.63. The minimum atomic E-state index is 0.681. The van der Waals surface area contributed by atoms with E-state index in [4.69, 9.17) is 15.3 Å². The van der Waals surface area contributed by atoms with E-state index in [1.54, 1.807) is 7.11 Å². The molecule has 0 unspecified atom stereocenters. The molecule has 0 atom stereocenters. The number of benzene rings is 2. The first kappa shape index (κ1) is 11.3. The number of nitrogens with one attached hydrogen (secondary N) is 1. The van der Waals surface area contributed by atoms with E-state index in [0.29, 0.717) is 5.75 Å². The fourth-order valence-corrected chi connectivity index (χ4v) is 1.45. The van der Waals surface area contributed by atoms with Crippen LogP contribution in [0.1, 0.15) is 0 Å². The molecule has 88 valence electrons. The Morgan fingerprint density at radius 1 is 0.941 bits per heavy atom. The Kier molecular flexibility index (Phi) is 3.47. The third-order valence-electron chi connectivity index (χ3n) is 2.33. The summed E-state index contributed by atoms with van der Waals surface area (Å²) in [6.07, 6.45) is 0. The first-order valence-corrected chi connectivity index (χ1v) is 5.21. The molecule has 4 heteroatoms. The fraction of sp³-hybridized carbons (Fsp3) is 0.0769. The van der Waals surface area contributed by atoms with E-state index in [0.717, 1.165) is 17.2 Å². The maximum atomic E-state index is 5.70. The molecule has 0 amide bonds. The number of nitrogens with two attached hydrogens (primary N) is 1. The Morgan fingerprint density at radius 2 is 1.59 bits per heavy atom. The molecule has 0 aliphatic carbocycles. The van der Waals surface area contributed by atoms with Crippen LogP contribution in [0.15, 0.2) is 48.5 Å². The summed E-state index contributed by atoms with van der Waals surface area (Å²) in [5.41, 5.74) is 3.33. The van der Waals surface area contributed by atoms with Crippen molar-refractivity contribution >= 4 is 5.69 Å². The van der Waals surface area contributed by atoms with Crippen molar-refractivity contribution in [2.45, 2.75) is 0 Å². The molecule has 2 rings (SSSR count). The normalized spacial score (nSPS) is 9.76. The third kappa shape index (κ3) is 2.68. The van der Waals surface area contributed by atoms with Gasteiger partial charge in [-0.05, 0) is 36.4 Å². The lowest BCUT2D eigenvalue weighted by atomic mass is 10.3. The standard InChI is InChI=1S/C13H14N2O2/c1-16-10-6-8-11(9-7-10)17-13-5-3-2-4-12(13)15-14/h2-9,15H,14H2,1H3. The molecule has 0 saturated carbocycles. The van der Waals surface area contributed by atoms with E-state index in [1.807, 2.05) is 48.5 Å². The number of hydrogen-bond donors (Lipinski definition) is 2. The van der Waals surface area contributed by atoms with Crippen molar-refractivity contribution in [3.05, 3.63) is 48.5 Å². The lowest BCUT2D eigenvalue weighted by Crippen LogP contribution is -2.07. The molecule has 0 aromatic heterocycles. The maximum Gasteiger partial charge on any atom is 0.151 e. The van der Waals surface area contributed by atoms with Gasteiger partial charge in [-0.15, -0.1) is 0 Å². The summed E-state index contributed by atoms with van der Waals surface area (Å²) in [6.45, 7) is 0. The number of nitrogen functional groups attached to an aromatic ring is 1. The molecular weight excluding hydrogens is 216 g/mol. The Balaban J connectivity index is 2.19. The van der Waals surface area contributed by atoms with E-state index in [9.17, 15) is 0 Å². The van der Waals surface area contributed by atoms with Crippen molar-refractivity contribution in [2.75, 3.05) is 12.5 Å². The topological polar surface area (TPSA) is 56.5 Å². The van der Waals surface area contributed by atoms with Gasteiger partial charge in [0.2, 0.25) is 0 Å². The minimum absolute atomic E-state index is 0.681. The van der Waals surface area contributed by atoms with Crippen LogP contribution < -0.4 is 20.7 Å². The van der Waals surface area contributed by atoms with Gasteiger partial charge in [-0.3, -0.25) is 5.84 Å². The second-order valence-electron chi connectivity index (χ2n) is 3.42. The van der Waals surface area contributed by atoms with E-state index in [-0.39, 0.29) is 0 Å². The summed E-state index contributed by atoms with van der Waals surface area (Å²) >= 11 is 0. The van der Waals surface area contributed by atoms with Crippen LogP contribution in [0.3, 0.4) is 0 Å². The summed E-state index contributed by atoms with van der Waals surface area (Å²) in [6, 6.07) is 14.8. The molecule has 0 heterocycles. The molecule has 0 fully saturated rings. The smallest absolute Gasteiger partial charge is 0.151 e. The van der Waals surface area contributed by atoms with E-state index >= 15 is 0 Å². The van der Waals surface area contributed by atoms with Crippen LogP contribution in [0.5, 0.6) is 17.2 Å². The highest BCUT2D eigenvalue weighted by molar-refractivity contribution is 5.56. The fourth-order valence-electron chi connectivity index (χ4n) is 1.45. The molecule has 2 aromatic rings. The highest BCUT2D eigenvalue weighted by atomic mass is 16.5. The average Bonchev–Trinajstić information content (AvgIpc) is 2.40.